The first-order valence-electron chi connectivity index (χ1n) is 5.78. The maximum absolute atomic E-state index is 12.0. The van der Waals surface area contributed by atoms with Crippen molar-refractivity contribution in [2.75, 3.05) is 5.32 Å². The van der Waals surface area contributed by atoms with Gasteiger partial charge in [0.25, 0.3) is 5.91 Å². The van der Waals surface area contributed by atoms with Crippen LogP contribution in [-0.4, -0.2) is 11.0 Å². The Balaban J connectivity index is 2.03. The predicted octanol–water partition coefficient (Wildman–Crippen LogP) is 4.77. The van der Waals surface area contributed by atoms with Crippen LogP contribution in [0.1, 0.15) is 10.4 Å². The van der Waals surface area contributed by atoms with Gasteiger partial charge in [0.15, 0.2) is 5.11 Å². The fraction of sp³-hybridized carbons (Fsp3) is 0. The highest BCUT2D eigenvalue weighted by Crippen LogP contribution is 2.19. The van der Waals surface area contributed by atoms with Crippen LogP contribution in [-0.2, 0) is 0 Å². The van der Waals surface area contributed by atoms with Gasteiger partial charge in [0.05, 0.1) is 0 Å². The maximum atomic E-state index is 12.0. The number of thiocarbonyl (C=S) groups is 1. The number of anilines is 1. The molecule has 108 valence electrons. The third-order valence-corrected chi connectivity index (χ3v) is 3.31. The number of hydrogen-bond donors (Lipinski definition) is 2. The molecule has 0 spiro atoms. The summed E-state index contributed by atoms with van der Waals surface area (Å²) in [5.41, 5.74) is 1.000. The Labute approximate surface area is 142 Å². The minimum absolute atomic E-state index is 0.151. The van der Waals surface area contributed by atoms with Crippen LogP contribution in [0.25, 0.3) is 0 Å². The second-order valence-corrected chi connectivity index (χ2v) is 5.79. The van der Waals surface area contributed by atoms with Crippen molar-refractivity contribution in [1.82, 2.24) is 5.32 Å². The molecule has 0 unspecified atom stereocenters. The average molecular weight is 360 g/mol. The largest absolute Gasteiger partial charge is 0.332 e. The van der Waals surface area contributed by atoms with Gasteiger partial charge in [0.1, 0.15) is 0 Å². The van der Waals surface area contributed by atoms with Crippen LogP contribution < -0.4 is 10.6 Å². The molecule has 2 aromatic rings. The van der Waals surface area contributed by atoms with E-state index in [4.69, 9.17) is 47.0 Å². The Morgan fingerprint density at radius 3 is 2.24 bits per heavy atom. The zero-order valence-electron chi connectivity index (χ0n) is 10.5. The van der Waals surface area contributed by atoms with Gasteiger partial charge >= 0.3 is 0 Å². The van der Waals surface area contributed by atoms with Gasteiger partial charge in [-0.2, -0.15) is 0 Å². The molecule has 21 heavy (non-hydrogen) atoms. The lowest BCUT2D eigenvalue weighted by molar-refractivity contribution is 0.0977. The van der Waals surface area contributed by atoms with Gasteiger partial charge in [-0.15, -0.1) is 0 Å². The van der Waals surface area contributed by atoms with Crippen molar-refractivity contribution in [1.29, 1.82) is 0 Å². The van der Waals surface area contributed by atoms with Crippen LogP contribution >= 0.6 is 47.0 Å². The highest BCUT2D eigenvalue weighted by atomic mass is 35.5. The van der Waals surface area contributed by atoms with Crippen molar-refractivity contribution in [3.8, 4) is 0 Å². The van der Waals surface area contributed by atoms with Crippen molar-refractivity contribution in [3.05, 3.63) is 63.1 Å². The molecule has 2 aromatic carbocycles. The molecule has 0 saturated heterocycles. The number of amides is 1. The number of halogens is 3. The van der Waals surface area contributed by atoms with Crippen LogP contribution in [0, 0.1) is 0 Å². The summed E-state index contributed by atoms with van der Waals surface area (Å²) >= 11 is 22.6. The molecular formula is C14H9Cl3N2OS. The summed E-state index contributed by atoms with van der Waals surface area (Å²) in [5, 5.41) is 6.87. The van der Waals surface area contributed by atoms with Crippen molar-refractivity contribution >= 4 is 63.7 Å². The first-order chi connectivity index (χ1) is 9.94. The molecule has 0 aliphatic heterocycles. The lowest BCUT2D eigenvalue weighted by Crippen LogP contribution is -2.34. The fourth-order valence-corrected chi connectivity index (χ4v) is 2.52. The van der Waals surface area contributed by atoms with E-state index < -0.39 is 5.91 Å². The van der Waals surface area contributed by atoms with Crippen molar-refractivity contribution in [2.24, 2.45) is 0 Å². The number of carbonyl (C=O) groups is 1. The topological polar surface area (TPSA) is 41.1 Å². The van der Waals surface area contributed by atoms with Gasteiger partial charge in [0, 0.05) is 26.3 Å². The van der Waals surface area contributed by atoms with E-state index in [1.54, 1.807) is 30.3 Å². The lowest BCUT2D eigenvalue weighted by atomic mass is 10.2. The van der Waals surface area contributed by atoms with Gasteiger partial charge in [0.2, 0.25) is 0 Å². The molecule has 0 atom stereocenters. The number of nitrogens with one attached hydrogen (secondary N) is 2. The standard InChI is InChI=1S/C14H9Cl3N2OS/c15-9-2-1-3-12(7-9)18-14(21)19-13(20)8-4-10(16)6-11(17)5-8/h1-7H,(H2,18,19,20,21). The lowest BCUT2D eigenvalue weighted by Gasteiger charge is -2.10. The molecule has 2 N–H and O–H groups in total. The summed E-state index contributed by atoms with van der Waals surface area (Å²) in [6.45, 7) is 0. The summed E-state index contributed by atoms with van der Waals surface area (Å²) in [5.74, 6) is -0.404. The molecule has 0 bridgehead atoms. The molecule has 7 heteroatoms. The Morgan fingerprint density at radius 1 is 0.952 bits per heavy atom. The van der Waals surface area contributed by atoms with Crippen molar-refractivity contribution in [3.63, 3.8) is 0 Å². The number of hydrogen-bond acceptors (Lipinski definition) is 2. The fourth-order valence-electron chi connectivity index (χ4n) is 1.59. The smallest absolute Gasteiger partial charge is 0.257 e. The van der Waals surface area contributed by atoms with E-state index in [0.717, 1.165) is 0 Å². The number of carbonyl (C=O) groups excluding carboxylic acids is 1. The van der Waals surface area contributed by atoms with Gasteiger partial charge in [-0.05, 0) is 48.6 Å². The van der Waals surface area contributed by atoms with Crippen LogP contribution in [0.15, 0.2) is 42.5 Å². The first-order valence-corrected chi connectivity index (χ1v) is 7.32. The molecule has 0 heterocycles. The summed E-state index contributed by atoms with van der Waals surface area (Å²) in [7, 11) is 0. The molecule has 3 nitrogen and oxygen atoms in total. The molecule has 0 saturated carbocycles. The van der Waals surface area contributed by atoms with Crippen LogP contribution in [0.4, 0.5) is 5.69 Å². The molecule has 1 amide bonds. The molecule has 0 aliphatic rings. The Morgan fingerprint density at radius 2 is 1.62 bits per heavy atom. The third-order valence-electron chi connectivity index (χ3n) is 2.43. The minimum atomic E-state index is -0.404. The van der Waals surface area contributed by atoms with E-state index in [9.17, 15) is 4.79 Å². The van der Waals surface area contributed by atoms with E-state index in [1.165, 1.54) is 12.1 Å². The quantitative estimate of drug-likeness (QED) is 0.759. The van der Waals surface area contributed by atoms with Gasteiger partial charge in [-0.25, -0.2) is 0 Å². The summed E-state index contributed by atoms with van der Waals surface area (Å²) in [6, 6.07) is 11.5. The second kappa shape index (κ2) is 7.09. The van der Waals surface area contributed by atoms with Crippen LogP contribution in [0.2, 0.25) is 15.1 Å². The van der Waals surface area contributed by atoms with Gasteiger partial charge in [-0.3, -0.25) is 10.1 Å². The molecular weight excluding hydrogens is 351 g/mol. The molecule has 0 fully saturated rings. The van der Waals surface area contributed by atoms with Gasteiger partial charge < -0.3 is 5.32 Å². The maximum Gasteiger partial charge on any atom is 0.257 e. The van der Waals surface area contributed by atoms with E-state index >= 15 is 0 Å². The van der Waals surface area contributed by atoms with Crippen LogP contribution in [0.3, 0.4) is 0 Å². The Bertz CT molecular complexity index is 686. The van der Waals surface area contributed by atoms with Gasteiger partial charge in [-0.1, -0.05) is 40.9 Å². The normalized spacial score (nSPS) is 10.0. The summed E-state index contributed by atoms with van der Waals surface area (Å²) in [6.07, 6.45) is 0. The van der Waals surface area contributed by atoms with Crippen LogP contribution in [0.5, 0.6) is 0 Å². The Hall–Kier alpha value is -1.33. The molecule has 0 radical (unpaired) electrons. The SMILES string of the molecule is O=C(NC(=S)Nc1cccc(Cl)c1)c1cc(Cl)cc(Cl)c1. The molecule has 0 aliphatic carbocycles. The van der Waals surface area contributed by atoms with E-state index in [1.807, 2.05) is 0 Å². The zero-order chi connectivity index (χ0) is 15.4. The zero-order valence-corrected chi connectivity index (χ0v) is 13.6. The highest BCUT2D eigenvalue weighted by molar-refractivity contribution is 7.80. The average Bonchev–Trinajstić information content (AvgIpc) is 2.37. The van der Waals surface area contributed by atoms with Crippen molar-refractivity contribution < 1.29 is 4.79 Å². The van der Waals surface area contributed by atoms with E-state index in [2.05, 4.69) is 10.6 Å². The monoisotopic (exact) mass is 358 g/mol. The highest BCUT2D eigenvalue weighted by Gasteiger charge is 2.10. The minimum Gasteiger partial charge on any atom is -0.332 e. The number of rotatable bonds is 2. The third kappa shape index (κ3) is 4.86. The summed E-state index contributed by atoms with van der Waals surface area (Å²) in [4.78, 5) is 12.0. The number of benzene rings is 2. The van der Waals surface area contributed by atoms with E-state index in [0.29, 0.717) is 26.3 Å². The second-order valence-electron chi connectivity index (χ2n) is 4.08. The molecule has 0 aromatic heterocycles. The Kier molecular flexibility index (Phi) is 5.42. The first kappa shape index (κ1) is 16.0. The summed E-state index contributed by atoms with van der Waals surface area (Å²) < 4.78 is 0. The van der Waals surface area contributed by atoms with E-state index in [-0.39, 0.29) is 5.11 Å². The van der Waals surface area contributed by atoms with Crippen molar-refractivity contribution in [2.45, 2.75) is 0 Å². The predicted molar refractivity (Wildman–Crippen MR) is 91.6 cm³/mol. The molecule has 2 rings (SSSR count).